The van der Waals surface area contributed by atoms with E-state index in [0.717, 1.165) is 44.6 Å². The van der Waals surface area contributed by atoms with Crippen LogP contribution in [-0.2, 0) is 10.8 Å². The van der Waals surface area contributed by atoms with Crippen molar-refractivity contribution in [2.24, 2.45) is 11.8 Å². The van der Waals surface area contributed by atoms with E-state index >= 15 is 0 Å². The fourth-order valence-corrected chi connectivity index (χ4v) is 13.4. The highest BCUT2D eigenvalue weighted by Gasteiger charge is 2.56. The fraction of sp³-hybridized carbons (Fsp3) is 0.161. The molecule has 1 aromatic heterocycles. The van der Waals surface area contributed by atoms with Crippen molar-refractivity contribution < 1.29 is 4.42 Å². The van der Waals surface area contributed by atoms with E-state index in [-0.39, 0.29) is 10.8 Å². The van der Waals surface area contributed by atoms with Crippen molar-refractivity contribution in [2.75, 3.05) is 4.90 Å². The van der Waals surface area contributed by atoms with Crippen LogP contribution in [0.15, 0.2) is 192 Å². The lowest BCUT2D eigenvalue weighted by atomic mass is 9.67. The van der Waals surface area contributed by atoms with E-state index < -0.39 is 0 Å². The van der Waals surface area contributed by atoms with E-state index in [1.54, 1.807) is 5.56 Å². The summed E-state index contributed by atoms with van der Waals surface area (Å²) in [5, 5.41) is 4.64. The average Bonchev–Trinajstić information content (AvgIpc) is 4.16. The maximum Gasteiger partial charge on any atom is 0.143 e. The molecule has 1 heterocycles. The van der Waals surface area contributed by atoms with Crippen LogP contribution in [0.3, 0.4) is 0 Å². The Kier molecular flexibility index (Phi) is 7.49. The molecule has 0 N–H and O–H groups in total. The van der Waals surface area contributed by atoms with Gasteiger partial charge in [-0.25, -0.2) is 0 Å². The molecule has 10 aromatic rings. The minimum Gasteiger partial charge on any atom is -0.455 e. The molecule has 4 aliphatic carbocycles. The molecule has 3 atom stereocenters. The third-order valence-corrected chi connectivity index (χ3v) is 16.1. The van der Waals surface area contributed by atoms with Gasteiger partial charge >= 0.3 is 0 Å². The summed E-state index contributed by atoms with van der Waals surface area (Å²) >= 11 is 0. The van der Waals surface area contributed by atoms with E-state index in [9.17, 15) is 0 Å². The Morgan fingerprint density at radius 1 is 0.484 bits per heavy atom. The molecule has 4 aliphatic rings. The zero-order valence-corrected chi connectivity index (χ0v) is 36.2. The van der Waals surface area contributed by atoms with E-state index in [0.29, 0.717) is 5.92 Å². The minimum absolute atomic E-state index is 0.0858. The van der Waals surface area contributed by atoms with Crippen LogP contribution < -0.4 is 4.90 Å². The van der Waals surface area contributed by atoms with Crippen molar-refractivity contribution in [2.45, 2.75) is 50.4 Å². The summed E-state index contributed by atoms with van der Waals surface area (Å²) in [5.41, 5.74) is 21.7. The monoisotopic (exact) mass is 821 g/mol. The van der Waals surface area contributed by atoms with Gasteiger partial charge in [0.25, 0.3) is 0 Å². The second-order valence-corrected chi connectivity index (χ2v) is 19.6. The minimum atomic E-state index is -0.0957. The predicted molar refractivity (Wildman–Crippen MR) is 266 cm³/mol. The van der Waals surface area contributed by atoms with Crippen LogP contribution in [0, 0.1) is 11.8 Å². The molecule has 2 bridgehead atoms. The Morgan fingerprint density at radius 2 is 1.17 bits per heavy atom. The number of hydrogen-bond donors (Lipinski definition) is 0. The van der Waals surface area contributed by atoms with Crippen molar-refractivity contribution in [3.8, 4) is 44.5 Å². The van der Waals surface area contributed by atoms with Gasteiger partial charge in [0, 0.05) is 44.1 Å². The Labute approximate surface area is 374 Å². The van der Waals surface area contributed by atoms with Gasteiger partial charge in [-0.3, -0.25) is 0 Å². The second kappa shape index (κ2) is 13.2. The topological polar surface area (TPSA) is 16.4 Å². The molecule has 14 rings (SSSR count). The summed E-state index contributed by atoms with van der Waals surface area (Å²) < 4.78 is 6.68. The largest absolute Gasteiger partial charge is 0.455 e. The number of furan rings is 1. The summed E-state index contributed by atoms with van der Waals surface area (Å²) in [6.07, 6.45) is 5.30. The van der Waals surface area contributed by atoms with E-state index in [4.69, 9.17) is 4.42 Å². The molecule has 9 aromatic carbocycles. The lowest BCUT2D eigenvalue weighted by Gasteiger charge is -2.37. The molecular formula is C62H47NO. The Bertz CT molecular complexity index is 3570. The normalized spacial score (nSPS) is 19.7. The number of nitrogens with zero attached hydrogens (tertiary/aromatic N) is 1. The molecule has 0 amide bonds. The Hall–Kier alpha value is -7.16. The molecule has 0 radical (unpaired) electrons. The lowest BCUT2D eigenvalue weighted by molar-refractivity contribution is 0.327. The quantitative estimate of drug-likeness (QED) is 0.172. The first-order chi connectivity index (χ1) is 31.5. The molecule has 306 valence electrons. The Morgan fingerprint density at radius 3 is 2.02 bits per heavy atom. The number of anilines is 3. The van der Waals surface area contributed by atoms with Gasteiger partial charge in [-0.05, 0) is 152 Å². The molecular weight excluding hydrogens is 775 g/mol. The van der Waals surface area contributed by atoms with E-state index in [1.165, 1.54) is 98.0 Å². The van der Waals surface area contributed by atoms with Crippen molar-refractivity contribution in [3.05, 3.63) is 210 Å². The molecule has 64 heavy (non-hydrogen) atoms. The van der Waals surface area contributed by atoms with E-state index in [1.807, 2.05) is 0 Å². The van der Waals surface area contributed by atoms with Crippen LogP contribution in [0.2, 0.25) is 0 Å². The number of rotatable bonds is 5. The highest BCUT2D eigenvalue weighted by atomic mass is 16.3. The molecule has 1 spiro atoms. The van der Waals surface area contributed by atoms with Crippen molar-refractivity contribution in [1.29, 1.82) is 0 Å². The maximum absolute atomic E-state index is 6.68. The van der Waals surface area contributed by atoms with Crippen LogP contribution in [0.25, 0.3) is 77.2 Å². The number of hydrogen-bond acceptors (Lipinski definition) is 2. The number of benzene rings is 9. The van der Waals surface area contributed by atoms with Gasteiger partial charge in [0.2, 0.25) is 0 Å². The zero-order valence-electron chi connectivity index (χ0n) is 36.2. The van der Waals surface area contributed by atoms with Gasteiger partial charge in [-0.15, -0.1) is 0 Å². The summed E-state index contributed by atoms with van der Waals surface area (Å²) in [6, 6.07) is 70.6. The highest BCUT2D eigenvalue weighted by molar-refractivity contribution is 6.19. The Balaban J connectivity index is 0.942. The lowest BCUT2D eigenvalue weighted by Crippen LogP contribution is -2.32. The van der Waals surface area contributed by atoms with Crippen LogP contribution in [0.5, 0.6) is 0 Å². The predicted octanol–water partition coefficient (Wildman–Crippen LogP) is 16.9. The average molecular weight is 822 g/mol. The van der Waals surface area contributed by atoms with E-state index in [2.05, 4.69) is 207 Å². The summed E-state index contributed by atoms with van der Waals surface area (Å²) in [5.74, 6) is 1.50. The van der Waals surface area contributed by atoms with Gasteiger partial charge in [0.05, 0.1) is 0 Å². The first-order valence-electron chi connectivity index (χ1n) is 23.3. The molecule has 0 saturated heterocycles. The van der Waals surface area contributed by atoms with Gasteiger partial charge in [0.1, 0.15) is 11.2 Å². The first-order valence-corrected chi connectivity index (χ1v) is 23.3. The van der Waals surface area contributed by atoms with Gasteiger partial charge in [-0.2, -0.15) is 0 Å². The number of fused-ring (bicyclic) bond motifs is 16. The second-order valence-electron chi connectivity index (χ2n) is 19.6. The maximum atomic E-state index is 6.68. The molecule has 2 fully saturated rings. The third kappa shape index (κ3) is 4.92. The fourth-order valence-electron chi connectivity index (χ4n) is 13.4. The molecule has 0 aliphatic heterocycles. The van der Waals surface area contributed by atoms with Crippen molar-refractivity contribution in [1.82, 2.24) is 0 Å². The van der Waals surface area contributed by atoms with Crippen LogP contribution in [0.1, 0.15) is 61.8 Å². The summed E-state index contributed by atoms with van der Waals surface area (Å²) in [6.45, 7) is 4.77. The van der Waals surface area contributed by atoms with Gasteiger partial charge < -0.3 is 9.32 Å². The summed E-state index contributed by atoms with van der Waals surface area (Å²) in [7, 11) is 0. The molecule has 2 saturated carbocycles. The van der Waals surface area contributed by atoms with Crippen LogP contribution in [0.4, 0.5) is 17.1 Å². The van der Waals surface area contributed by atoms with Crippen LogP contribution >= 0.6 is 0 Å². The SMILES string of the molecule is CC1(C)c2ccccc2-c2cccc(-c3ccc(N(c4cccc(-c5cccc6oc7c8ccccc8ccc7c56)c4)c4ccc5c(c4)C4(CC6CCC4C6)c4ccccc4-5)cc3)c21. The zero-order chi connectivity index (χ0) is 42.3. The van der Waals surface area contributed by atoms with Gasteiger partial charge in [0.15, 0.2) is 0 Å². The standard InChI is InChI=1S/C62H47NO/c1-61(2)54-21-7-5-17-50(54)52-20-10-19-47(59(52)61)40-25-29-43(30-26-40)63(45-31-33-51-49-16-6-8-22-55(49)62(56(51)36-45)37-38-24-28-42(62)34-38)44-14-9-13-41(35-44)46-18-11-23-57-58(46)53-32-27-39-12-3-4-15-48(39)60(53)64-57/h3-23,25-27,29-33,35-36,38,42H,24,28,34,37H2,1-2H3. The van der Waals surface area contributed by atoms with Crippen LogP contribution in [-0.4, -0.2) is 0 Å². The third-order valence-electron chi connectivity index (χ3n) is 16.1. The molecule has 2 heteroatoms. The highest BCUT2D eigenvalue weighted by Crippen LogP contribution is 2.66. The van der Waals surface area contributed by atoms with Crippen molar-refractivity contribution in [3.63, 3.8) is 0 Å². The van der Waals surface area contributed by atoms with Gasteiger partial charge in [-0.1, -0.05) is 160 Å². The smallest absolute Gasteiger partial charge is 0.143 e. The van der Waals surface area contributed by atoms with Crippen molar-refractivity contribution >= 4 is 49.8 Å². The first kappa shape index (κ1) is 36.3. The molecule has 3 unspecified atom stereocenters. The molecule has 2 nitrogen and oxygen atoms in total. The summed E-state index contributed by atoms with van der Waals surface area (Å²) in [4.78, 5) is 2.51.